The maximum atomic E-state index is 12.9. The topological polar surface area (TPSA) is 53.4 Å². The van der Waals surface area contributed by atoms with Gasteiger partial charge in [-0.3, -0.25) is 0 Å². The Morgan fingerprint density at radius 3 is 2.79 bits per heavy atom. The lowest BCUT2D eigenvalue weighted by molar-refractivity contribution is 0.0600. The van der Waals surface area contributed by atoms with Crippen molar-refractivity contribution in [1.29, 1.82) is 0 Å². The van der Waals surface area contributed by atoms with Crippen LogP contribution >= 0.6 is 0 Å². The van der Waals surface area contributed by atoms with Crippen molar-refractivity contribution in [1.82, 2.24) is 9.78 Å². The van der Waals surface area contributed by atoms with Crippen molar-refractivity contribution < 1.29 is 18.7 Å². The van der Waals surface area contributed by atoms with Gasteiger partial charge < -0.3 is 9.47 Å². The van der Waals surface area contributed by atoms with E-state index in [1.54, 1.807) is 18.2 Å². The van der Waals surface area contributed by atoms with Gasteiger partial charge in [0, 0.05) is 12.3 Å². The smallest absolute Gasteiger partial charge is 0.337 e. The highest BCUT2D eigenvalue weighted by atomic mass is 19.1. The van der Waals surface area contributed by atoms with Crippen LogP contribution in [-0.4, -0.2) is 29.5 Å². The zero-order chi connectivity index (χ0) is 13.8. The number of carbonyl (C=O) groups excluding carboxylic acids is 1. The van der Waals surface area contributed by atoms with Crippen LogP contribution in [0.25, 0.3) is 5.69 Å². The molecule has 0 saturated carbocycles. The second-order valence-electron chi connectivity index (χ2n) is 3.69. The summed E-state index contributed by atoms with van der Waals surface area (Å²) < 4.78 is 24.4. The van der Waals surface area contributed by atoms with Gasteiger partial charge in [-0.15, -0.1) is 5.10 Å². The number of methoxy groups -OCH3 is 1. The van der Waals surface area contributed by atoms with Crippen LogP contribution in [0.15, 0.2) is 30.5 Å². The van der Waals surface area contributed by atoms with Crippen LogP contribution in [-0.2, 0) is 4.74 Å². The molecule has 0 aliphatic heterocycles. The quantitative estimate of drug-likeness (QED) is 0.794. The fourth-order valence-corrected chi connectivity index (χ4v) is 1.66. The van der Waals surface area contributed by atoms with Gasteiger partial charge in [-0.2, -0.15) is 4.39 Å². The first-order valence-corrected chi connectivity index (χ1v) is 5.72. The van der Waals surface area contributed by atoms with E-state index < -0.39 is 11.9 Å². The number of nitrogens with zero attached hydrogens (tertiary/aromatic N) is 2. The van der Waals surface area contributed by atoms with Crippen LogP contribution in [0.3, 0.4) is 0 Å². The number of esters is 1. The predicted molar refractivity (Wildman–Crippen MR) is 66.0 cm³/mol. The van der Waals surface area contributed by atoms with Gasteiger partial charge in [0.15, 0.2) is 0 Å². The highest BCUT2D eigenvalue weighted by Gasteiger charge is 2.13. The molecule has 0 N–H and O–H groups in total. The van der Waals surface area contributed by atoms with Gasteiger partial charge in [-0.05, 0) is 25.1 Å². The predicted octanol–water partition coefficient (Wildman–Crippen LogP) is 2.20. The lowest BCUT2D eigenvalue weighted by Crippen LogP contribution is -2.06. The van der Waals surface area contributed by atoms with E-state index in [0.29, 0.717) is 23.6 Å². The zero-order valence-electron chi connectivity index (χ0n) is 10.6. The number of hydrogen-bond donors (Lipinski definition) is 0. The summed E-state index contributed by atoms with van der Waals surface area (Å²) in [6, 6.07) is 5.99. The fraction of sp³-hybridized carbons (Fsp3) is 0.231. The lowest BCUT2D eigenvalue weighted by Gasteiger charge is -2.11. The highest BCUT2D eigenvalue weighted by Crippen LogP contribution is 2.24. The molecule has 2 aromatic rings. The first-order chi connectivity index (χ1) is 9.15. The first-order valence-electron chi connectivity index (χ1n) is 5.72. The van der Waals surface area contributed by atoms with E-state index in [1.807, 2.05) is 6.92 Å². The van der Waals surface area contributed by atoms with Gasteiger partial charge >= 0.3 is 5.97 Å². The molecule has 6 heteroatoms. The average Bonchev–Trinajstić information content (AvgIpc) is 2.84. The number of hydrogen-bond acceptors (Lipinski definition) is 4. The molecular formula is C13H13FN2O3. The third-order valence-electron chi connectivity index (χ3n) is 2.48. The normalized spacial score (nSPS) is 10.3. The summed E-state index contributed by atoms with van der Waals surface area (Å²) in [4.78, 5) is 11.5. The molecule has 0 amide bonds. The molecule has 0 aliphatic rings. The van der Waals surface area contributed by atoms with Crippen molar-refractivity contribution in [3.05, 3.63) is 42.0 Å². The molecule has 0 atom stereocenters. The molecule has 1 heterocycles. The van der Waals surface area contributed by atoms with Crippen LogP contribution in [0.2, 0.25) is 0 Å². The molecule has 0 aliphatic carbocycles. The largest absolute Gasteiger partial charge is 0.492 e. The first kappa shape index (κ1) is 13.1. The Labute approximate surface area is 109 Å². The van der Waals surface area contributed by atoms with E-state index in [1.165, 1.54) is 24.1 Å². The van der Waals surface area contributed by atoms with Gasteiger partial charge in [0.25, 0.3) is 0 Å². The third-order valence-corrected chi connectivity index (χ3v) is 2.48. The van der Waals surface area contributed by atoms with Crippen molar-refractivity contribution in [3.8, 4) is 11.4 Å². The maximum absolute atomic E-state index is 12.9. The van der Waals surface area contributed by atoms with Gasteiger partial charge in [0.2, 0.25) is 5.95 Å². The summed E-state index contributed by atoms with van der Waals surface area (Å²) in [5, 5.41) is 3.67. The second kappa shape index (κ2) is 5.51. The molecule has 0 radical (unpaired) electrons. The lowest BCUT2D eigenvalue weighted by atomic mass is 10.2. The minimum absolute atomic E-state index is 0.363. The molecule has 2 rings (SSSR count). The maximum Gasteiger partial charge on any atom is 0.337 e. The summed E-state index contributed by atoms with van der Waals surface area (Å²) in [6.07, 6.45) is 1.48. The number of rotatable bonds is 4. The van der Waals surface area contributed by atoms with Crippen molar-refractivity contribution in [2.75, 3.05) is 13.7 Å². The minimum atomic E-state index is -0.584. The number of aromatic nitrogens is 2. The Hall–Kier alpha value is -2.37. The molecule has 0 spiro atoms. The van der Waals surface area contributed by atoms with Gasteiger partial charge in [0.1, 0.15) is 11.4 Å². The summed E-state index contributed by atoms with van der Waals surface area (Å²) in [5.74, 6) is -0.604. The van der Waals surface area contributed by atoms with Gasteiger partial charge in [-0.1, -0.05) is 0 Å². The highest BCUT2D eigenvalue weighted by molar-refractivity contribution is 5.90. The van der Waals surface area contributed by atoms with Gasteiger partial charge in [-0.25, -0.2) is 9.48 Å². The van der Waals surface area contributed by atoms with E-state index in [4.69, 9.17) is 4.74 Å². The second-order valence-corrected chi connectivity index (χ2v) is 3.69. The number of halogens is 1. The summed E-state index contributed by atoms with van der Waals surface area (Å²) in [5.41, 5.74) is 0.917. The van der Waals surface area contributed by atoms with E-state index in [-0.39, 0.29) is 0 Å². The number of carbonyl (C=O) groups is 1. The molecule has 0 fully saturated rings. The Morgan fingerprint density at radius 1 is 1.42 bits per heavy atom. The van der Waals surface area contributed by atoms with Crippen LogP contribution in [0.4, 0.5) is 4.39 Å². The Balaban J connectivity index is 2.46. The summed E-state index contributed by atoms with van der Waals surface area (Å²) in [7, 11) is 1.31. The molecule has 0 unspecified atom stereocenters. The zero-order valence-corrected chi connectivity index (χ0v) is 10.6. The van der Waals surface area contributed by atoms with Gasteiger partial charge in [0.05, 0.1) is 19.3 Å². The minimum Gasteiger partial charge on any atom is -0.492 e. The monoisotopic (exact) mass is 264 g/mol. The average molecular weight is 264 g/mol. The number of ether oxygens (including phenoxy) is 2. The van der Waals surface area contributed by atoms with Crippen molar-refractivity contribution in [2.45, 2.75) is 6.92 Å². The molecule has 1 aromatic carbocycles. The van der Waals surface area contributed by atoms with Crippen LogP contribution in [0.5, 0.6) is 5.75 Å². The fourth-order valence-electron chi connectivity index (χ4n) is 1.66. The standard InChI is InChI=1S/C13H13FN2O3/c1-3-19-11-8-9(13(17)18-2)4-5-10(11)16-7-6-12(14)15-16/h4-8H,3H2,1-2H3. The molecular weight excluding hydrogens is 251 g/mol. The summed E-state index contributed by atoms with van der Waals surface area (Å²) in [6.45, 7) is 2.24. The Kier molecular flexibility index (Phi) is 3.79. The van der Waals surface area contributed by atoms with E-state index >= 15 is 0 Å². The molecule has 0 bridgehead atoms. The third kappa shape index (κ3) is 2.73. The molecule has 5 nitrogen and oxygen atoms in total. The molecule has 0 saturated heterocycles. The Morgan fingerprint density at radius 2 is 2.21 bits per heavy atom. The van der Waals surface area contributed by atoms with Crippen LogP contribution in [0, 0.1) is 5.95 Å². The van der Waals surface area contributed by atoms with E-state index in [0.717, 1.165) is 0 Å². The summed E-state index contributed by atoms with van der Waals surface area (Å²) >= 11 is 0. The van der Waals surface area contributed by atoms with Crippen LogP contribution < -0.4 is 4.74 Å². The Bertz CT molecular complexity index is 595. The van der Waals surface area contributed by atoms with Crippen molar-refractivity contribution in [3.63, 3.8) is 0 Å². The van der Waals surface area contributed by atoms with E-state index in [2.05, 4.69) is 9.84 Å². The van der Waals surface area contributed by atoms with Crippen molar-refractivity contribution >= 4 is 5.97 Å². The molecule has 100 valence electrons. The molecule has 1 aromatic heterocycles. The van der Waals surface area contributed by atoms with E-state index in [9.17, 15) is 9.18 Å². The number of benzene rings is 1. The SMILES string of the molecule is CCOc1cc(C(=O)OC)ccc1-n1ccc(F)n1. The van der Waals surface area contributed by atoms with Crippen LogP contribution in [0.1, 0.15) is 17.3 Å². The van der Waals surface area contributed by atoms with Crippen molar-refractivity contribution in [2.24, 2.45) is 0 Å². The molecule has 19 heavy (non-hydrogen) atoms.